The van der Waals surface area contributed by atoms with Crippen LogP contribution in [-0.2, 0) is 0 Å². The highest BCUT2D eigenvalue weighted by molar-refractivity contribution is 6.29. The quantitative estimate of drug-likeness (QED) is 0.388. The fraction of sp³-hybridized carbons (Fsp3) is 0.250. The van der Waals surface area contributed by atoms with E-state index in [2.05, 4.69) is 5.92 Å². The minimum absolute atomic E-state index is 0.740. The number of hydrogen-bond acceptors (Lipinski definition) is 0. The summed E-state index contributed by atoms with van der Waals surface area (Å²) < 4.78 is 0. The molecule has 0 unspecified atom stereocenters. The van der Waals surface area contributed by atoms with Crippen LogP contribution in [0.25, 0.3) is 0 Å². The molecule has 0 aromatic heterocycles. The highest BCUT2D eigenvalue weighted by Gasteiger charge is 1.76. The summed E-state index contributed by atoms with van der Waals surface area (Å²) in [4.78, 5) is 0. The van der Waals surface area contributed by atoms with E-state index in [-0.39, 0.29) is 0 Å². The van der Waals surface area contributed by atoms with Crippen molar-refractivity contribution in [3.05, 3.63) is 22.8 Å². The number of terminal acetylenes is 1. The van der Waals surface area contributed by atoms with Crippen molar-refractivity contribution in [2.75, 3.05) is 0 Å². The molecule has 0 saturated heterocycles. The van der Waals surface area contributed by atoms with Crippen molar-refractivity contribution in [1.29, 1.82) is 0 Å². The van der Waals surface area contributed by atoms with Gasteiger partial charge < -0.3 is 0 Å². The van der Waals surface area contributed by atoms with Crippen molar-refractivity contribution in [2.45, 2.75) is 13.8 Å². The highest BCUT2D eigenvalue weighted by Crippen LogP contribution is 1.99. The molecule has 0 aromatic carbocycles. The first-order chi connectivity index (χ1) is 4.16. The summed E-state index contributed by atoms with van der Waals surface area (Å²) in [7, 11) is 0. The van der Waals surface area contributed by atoms with Gasteiger partial charge in [-0.3, -0.25) is 0 Å². The molecule has 0 atom stereocenters. The van der Waals surface area contributed by atoms with E-state index in [9.17, 15) is 0 Å². The number of rotatable bonds is 1. The minimum Gasteiger partial charge on any atom is -0.115 e. The summed E-state index contributed by atoms with van der Waals surface area (Å²) in [5.41, 5.74) is 0.884. The van der Waals surface area contributed by atoms with Gasteiger partial charge in [-0.25, -0.2) is 0 Å². The molecular formula is C8H9Cl. The fourth-order valence-electron chi connectivity index (χ4n) is 0.288. The molecule has 0 N–H and O–H groups in total. The zero-order valence-corrected chi connectivity index (χ0v) is 6.37. The van der Waals surface area contributed by atoms with Crippen molar-refractivity contribution in [3.8, 4) is 12.3 Å². The van der Waals surface area contributed by atoms with E-state index in [1.54, 1.807) is 6.08 Å². The second-order valence-electron chi connectivity index (χ2n) is 1.75. The van der Waals surface area contributed by atoms with Crippen LogP contribution in [0, 0.1) is 12.3 Å². The molecule has 0 rings (SSSR count). The maximum absolute atomic E-state index is 5.53. The molecule has 0 amide bonds. The van der Waals surface area contributed by atoms with Gasteiger partial charge >= 0.3 is 0 Å². The molecule has 48 valence electrons. The smallest absolute Gasteiger partial charge is 0.0150 e. The van der Waals surface area contributed by atoms with Crippen molar-refractivity contribution in [3.63, 3.8) is 0 Å². The first kappa shape index (κ1) is 8.33. The third-order valence-electron chi connectivity index (χ3n) is 0.791. The van der Waals surface area contributed by atoms with Crippen molar-refractivity contribution >= 4 is 11.6 Å². The van der Waals surface area contributed by atoms with Crippen molar-refractivity contribution in [1.82, 2.24) is 0 Å². The van der Waals surface area contributed by atoms with E-state index in [1.807, 2.05) is 19.9 Å². The van der Waals surface area contributed by atoms with Gasteiger partial charge in [0.1, 0.15) is 0 Å². The van der Waals surface area contributed by atoms with E-state index in [4.69, 9.17) is 18.0 Å². The Hall–Kier alpha value is -0.670. The Balaban J connectivity index is 4.03. The lowest BCUT2D eigenvalue weighted by Crippen LogP contribution is -1.64. The molecule has 1 heteroatoms. The molecule has 0 fully saturated rings. The molecule has 0 radical (unpaired) electrons. The van der Waals surface area contributed by atoms with Gasteiger partial charge in [-0.1, -0.05) is 17.5 Å². The van der Waals surface area contributed by atoms with Crippen LogP contribution in [0.3, 0.4) is 0 Å². The standard InChI is InChI=1S/C8H9Cl/c1-4-7(2)5-6-8(3)9/h1,5-6H,2-3H3/b7-5-,8-6+. The van der Waals surface area contributed by atoms with Crippen LogP contribution in [0.4, 0.5) is 0 Å². The van der Waals surface area contributed by atoms with Gasteiger partial charge in [0, 0.05) is 5.03 Å². The lowest BCUT2D eigenvalue weighted by atomic mass is 10.3. The summed E-state index contributed by atoms with van der Waals surface area (Å²) in [6, 6.07) is 0. The summed E-state index contributed by atoms with van der Waals surface area (Å²) in [5.74, 6) is 2.48. The lowest BCUT2D eigenvalue weighted by molar-refractivity contribution is 1.56. The van der Waals surface area contributed by atoms with E-state index in [0.717, 1.165) is 10.6 Å². The first-order valence-electron chi connectivity index (χ1n) is 2.64. The molecule has 0 saturated carbocycles. The van der Waals surface area contributed by atoms with Gasteiger partial charge in [-0.2, -0.15) is 0 Å². The fourth-order valence-corrected chi connectivity index (χ4v) is 0.351. The lowest BCUT2D eigenvalue weighted by Gasteiger charge is -1.82. The number of hydrogen-bond donors (Lipinski definition) is 0. The summed E-state index contributed by atoms with van der Waals surface area (Å²) in [6.07, 6.45) is 8.65. The Bertz CT molecular complexity index is 175. The highest BCUT2D eigenvalue weighted by atomic mass is 35.5. The van der Waals surface area contributed by atoms with E-state index in [0.29, 0.717) is 0 Å². The predicted molar refractivity (Wildman–Crippen MR) is 42.2 cm³/mol. The van der Waals surface area contributed by atoms with Crippen LogP contribution in [0.5, 0.6) is 0 Å². The average Bonchev–Trinajstić information content (AvgIpc) is 1.83. The van der Waals surface area contributed by atoms with E-state index in [1.165, 1.54) is 0 Å². The molecule has 0 heterocycles. The Labute approximate surface area is 61.2 Å². The van der Waals surface area contributed by atoms with Crippen LogP contribution in [0.15, 0.2) is 22.8 Å². The molecule has 0 aromatic rings. The largest absolute Gasteiger partial charge is 0.115 e. The average molecular weight is 141 g/mol. The molecule has 9 heavy (non-hydrogen) atoms. The zero-order chi connectivity index (χ0) is 7.28. The maximum Gasteiger partial charge on any atom is 0.0150 e. The Morgan fingerprint density at radius 2 is 2.00 bits per heavy atom. The van der Waals surface area contributed by atoms with Gasteiger partial charge in [0.2, 0.25) is 0 Å². The van der Waals surface area contributed by atoms with Crippen LogP contribution in [0.2, 0.25) is 0 Å². The van der Waals surface area contributed by atoms with Gasteiger partial charge in [0.05, 0.1) is 0 Å². The Morgan fingerprint density at radius 3 is 2.33 bits per heavy atom. The second-order valence-corrected chi connectivity index (χ2v) is 2.34. The number of allylic oxidation sites excluding steroid dienone is 4. The predicted octanol–water partition coefficient (Wildman–Crippen LogP) is 2.71. The summed E-state index contributed by atoms with van der Waals surface area (Å²) >= 11 is 5.53. The van der Waals surface area contributed by atoms with E-state index < -0.39 is 0 Å². The minimum atomic E-state index is 0.740. The molecule has 0 bridgehead atoms. The molecule has 0 aliphatic rings. The molecule has 0 aliphatic heterocycles. The van der Waals surface area contributed by atoms with Gasteiger partial charge in [-0.05, 0) is 31.6 Å². The first-order valence-corrected chi connectivity index (χ1v) is 3.02. The van der Waals surface area contributed by atoms with Gasteiger partial charge in [0.25, 0.3) is 0 Å². The van der Waals surface area contributed by atoms with Crippen LogP contribution in [-0.4, -0.2) is 0 Å². The normalized spacial score (nSPS) is 13.1. The zero-order valence-electron chi connectivity index (χ0n) is 5.61. The van der Waals surface area contributed by atoms with Gasteiger partial charge in [0.15, 0.2) is 0 Å². The maximum atomic E-state index is 5.53. The topological polar surface area (TPSA) is 0 Å². The molecule has 0 aliphatic carbocycles. The summed E-state index contributed by atoms with van der Waals surface area (Å²) in [6.45, 7) is 3.66. The Morgan fingerprint density at radius 1 is 1.44 bits per heavy atom. The SMILES string of the molecule is C#C/C(C)=C\C=C(/C)Cl. The van der Waals surface area contributed by atoms with E-state index >= 15 is 0 Å². The van der Waals surface area contributed by atoms with Crippen molar-refractivity contribution < 1.29 is 0 Å². The third kappa shape index (κ3) is 5.20. The molecule has 0 spiro atoms. The third-order valence-corrected chi connectivity index (χ3v) is 0.917. The number of halogens is 1. The monoisotopic (exact) mass is 140 g/mol. The van der Waals surface area contributed by atoms with Crippen LogP contribution >= 0.6 is 11.6 Å². The second kappa shape index (κ2) is 4.23. The molecular weight excluding hydrogens is 132 g/mol. The van der Waals surface area contributed by atoms with Crippen LogP contribution in [0.1, 0.15) is 13.8 Å². The Kier molecular flexibility index (Phi) is 3.92. The van der Waals surface area contributed by atoms with Gasteiger partial charge in [-0.15, -0.1) is 6.42 Å². The van der Waals surface area contributed by atoms with Crippen LogP contribution < -0.4 is 0 Å². The van der Waals surface area contributed by atoms with Crippen molar-refractivity contribution in [2.24, 2.45) is 0 Å². The molecule has 0 nitrogen and oxygen atoms in total. The summed E-state index contributed by atoms with van der Waals surface area (Å²) in [5, 5.41) is 0.740.